The van der Waals surface area contributed by atoms with E-state index in [1.54, 1.807) is 12.1 Å². The molecule has 200 valence electrons. The summed E-state index contributed by atoms with van der Waals surface area (Å²) in [5.74, 6) is -2.21. The van der Waals surface area contributed by atoms with Gasteiger partial charge in [-0.25, -0.2) is 13.2 Å². The van der Waals surface area contributed by atoms with E-state index in [1.165, 1.54) is 48.4 Å². The van der Waals surface area contributed by atoms with E-state index in [0.29, 0.717) is 18.5 Å². The lowest BCUT2D eigenvalue weighted by molar-refractivity contribution is -0.123. The van der Waals surface area contributed by atoms with E-state index < -0.39 is 29.9 Å². The van der Waals surface area contributed by atoms with Gasteiger partial charge in [-0.2, -0.15) is 0 Å². The molecule has 7 nitrogen and oxygen atoms in total. The molecule has 1 saturated heterocycles. The Hall–Kier alpha value is -3.60. The predicted octanol–water partition coefficient (Wildman–Crippen LogP) is 3.59. The third kappa shape index (κ3) is 6.45. The van der Waals surface area contributed by atoms with E-state index in [1.807, 2.05) is 0 Å². The number of nitrogens with zero attached hydrogens (tertiary/aromatic N) is 2. The van der Waals surface area contributed by atoms with Gasteiger partial charge in [0.25, 0.3) is 0 Å². The number of carbonyl (C=O) groups excluding carboxylic acids is 2. The number of nitrogens with one attached hydrogen (secondary N) is 1. The first-order valence-electron chi connectivity index (χ1n) is 12.3. The zero-order valence-electron chi connectivity index (χ0n) is 20.9. The predicted molar refractivity (Wildman–Crippen MR) is 137 cm³/mol. The Morgan fingerprint density at radius 2 is 1.82 bits per heavy atom. The summed E-state index contributed by atoms with van der Waals surface area (Å²) in [7, 11) is 0. The van der Waals surface area contributed by atoms with Gasteiger partial charge in [0.1, 0.15) is 23.2 Å². The van der Waals surface area contributed by atoms with Crippen LogP contribution in [0.3, 0.4) is 0 Å². The Kier molecular flexibility index (Phi) is 8.88. The second kappa shape index (κ2) is 12.3. The smallest absolute Gasteiger partial charge is 0.245 e. The van der Waals surface area contributed by atoms with E-state index in [0.717, 1.165) is 11.8 Å². The zero-order valence-corrected chi connectivity index (χ0v) is 20.9. The number of anilines is 2. The topological polar surface area (TPSA) is 97.5 Å². The van der Waals surface area contributed by atoms with Gasteiger partial charge < -0.3 is 15.8 Å². The number of carbonyl (C=O) groups is 2. The molecule has 0 radical (unpaired) electrons. The van der Waals surface area contributed by atoms with Crippen molar-refractivity contribution in [3.05, 3.63) is 89.0 Å². The molecule has 3 aromatic rings. The van der Waals surface area contributed by atoms with Gasteiger partial charge in [0.15, 0.2) is 0 Å². The van der Waals surface area contributed by atoms with Crippen LogP contribution in [0.1, 0.15) is 30.0 Å². The molecule has 38 heavy (non-hydrogen) atoms. The number of benzene rings is 2. The highest BCUT2D eigenvalue weighted by Gasteiger charge is 2.27. The van der Waals surface area contributed by atoms with Crippen molar-refractivity contribution >= 4 is 23.1 Å². The van der Waals surface area contributed by atoms with Crippen molar-refractivity contribution in [2.75, 3.05) is 24.6 Å². The molecule has 2 unspecified atom stereocenters. The molecule has 0 aliphatic carbocycles. The molecule has 1 aliphatic heterocycles. The first-order valence-corrected chi connectivity index (χ1v) is 12.3. The number of aromatic nitrogens is 1. The van der Waals surface area contributed by atoms with Crippen LogP contribution in [0.4, 0.5) is 24.5 Å². The summed E-state index contributed by atoms with van der Waals surface area (Å²) in [6.07, 6.45) is 3.00. The summed E-state index contributed by atoms with van der Waals surface area (Å²) in [5.41, 5.74) is 7.57. The quantitative estimate of drug-likeness (QED) is 0.442. The summed E-state index contributed by atoms with van der Waals surface area (Å²) in [6, 6.07) is 9.45. The standard InChI is InChI=1S/C28H29F3N4O3/c1-17(36)25-16-38-22(13-34-25)8-9-23-24(31)14-33-15-27(23)35(28(37)12-32)26-11-21(30)7-4-19(26)10-18-2-5-20(29)6-3-18/h2-7,11,14-15,22,25,34H,8-10,12-13,16,32H2,1H3. The Bertz CT molecular complexity index is 1300. The maximum Gasteiger partial charge on any atom is 0.245 e. The third-order valence-corrected chi connectivity index (χ3v) is 6.54. The van der Waals surface area contributed by atoms with E-state index in [4.69, 9.17) is 10.5 Å². The normalized spacial score (nSPS) is 17.3. The summed E-state index contributed by atoms with van der Waals surface area (Å²) < 4.78 is 48.8. The minimum atomic E-state index is -0.626. The highest BCUT2D eigenvalue weighted by Crippen LogP contribution is 2.35. The molecule has 10 heteroatoms. The van der Waals surface area contributed by atoms with Gasteiger partial charge >= 0.3 is 0 Å². The average Bonchev–Trinajstić information content (AvgIpc) is 2.91. The van der Waals surface area contributed by atoms with Crippen molar-refractivity contribution in [3.8, 4) is 0 Å². The number of rotatable bonds is 9. The first kappa shape index (κ1) is 27.4. The number of ketones is 1. The maximum atomic E-state index is 15.1. The van der Waals surface area contributed by atoms with E-state index >= 15 is 4.39 Å². The Morgan fingerprint density at radius 3 is 2.47 bits per heavy atom. The maximum absolute atomic E-state index is 15.1. The third-order valence-electron chi connectivity index (χ3n) is 6.54. The molecule has 1 fully saturated rings. The molecule has 0 spiro atoms. The summed E-state index contributed by atoms with van der Waals surface area (Å²) in [6.45, 7) is 1.72. The van der Waals surface area contributed by atoms with Crippen LogP contribution in [0.15, 0.2) is 54.9 Å². The molecule has 1 aliphatic rings. The van der Waals surface area contributed by atoms with Crippen LogP contribution in [0.25, 0.3) is 0 Å². The molecule has 0 bridgehead atoms. The summed E-state index contributed by atoms with van der Waals surface area (Å²) in [4.78, 5) is 29.9. The molecular formula is C28H29F3N4O3. The van der Waals surface area contributed by atoms with Crippen LogP contribution in [-0.4, -0.2) is 48.5 Å². The van der Waals surface area contributed by atoms with Gasteiger partial charge in [-0.3, -0.25) is 19.5 Å². The number of pyridine rings is 1. The number of amides is 1. The van der Waals surface area contributed by atoms with Crippen molar-refractivity contribution in [1.29, 1.82) is 0 Å². The van der Waals surface area contributed by atoms with Crippen molar-refractivity contribution < 1.29 is 27.5 Å². The fourth-order valence-corrected chi connectivity index (χ4v) is 4.47. The van der Waals surface area contributed by atoms with Crippen LogP contribution < -0.4 is 16.0 Å². The Labute approximate surface area is 218 Å². The van der Waals surface area contributed by atoms with Gasteiger partial charge in [0.2, 0.25) is 5.91 Å². The largest absolute Gasteiger partial charge is 0.375 e. The number of hydrogen-bond acceptors (Lipinski definition) is 6. The second-order valence-corrected chi connectivity index (χ2v) is 9.19. The number of halogens is 3. The number of nitrogens with two attached hydrogens (primary N) is 1. The fraction of sp³-hybridized carbons (Fsp3) is 0.321. The van der Waals surface area contributed by atoms with Gasteiger partial charge in [-0.15, -0.1) is 0 Å². The van der Waals surface area contributed by atoms with Crippen LogP contribution in [0, 0.1) is 17.5 Å². The minimum Gasteiger partial charge on any atom is -0.375 e. The zero-order chi connectivity index (χ0) is 27.2. The van der Waals surface area contributed by atoms with E-state index in [2.05, 4.69) is 10.3 Å². The summed E-state index contributed by atoms with van der Waals surface area (Å²) >= 11 is 0. The molecule has 1 amide bonds. The molecule has 3 N–H and O–H groups in total. The minimum absolute atomic E-state index is 0.0200. The average molecular weight is 527 g/mol. The van der Waals surface area contributed by atoms with Crippen molar-refractivity contribution in [1.82, 2.24) is 10.3 Å². The lowest BCUT2D eigenvalue weighted by Crippen LogP contribution is -2.49. The van der Waals surface area contributed by atoms with Crippen LogP contribution in [-0.2, 0) is 27.2 Å². The lowest BCUT2D eigenvalue weighted by Gasteiger charge is -2.30. The highest BCUT2D eigenvalue weighted by molar-refractivity contribution is 6.02. The van der Waals surface area contributed by atoms with Crippen LogP contribution in [0.2, 0.25) is 0 Å². The SMILES string of the molecule is CC(=O)C1COC(CCc2c(F)cncc2N(C(=O)CN)c2cc(F)ccc2Cc2ccc(F)cc2)CN1. The first-order chi connectivity index (χ1) is 18.3. The fourth-order valence-electron chi connectivity index (χ4n) is 4.47. The molecule has 0 saturated carbocycles. The summed E-state index contributed by atoms with van der Waals surface area (Å²) in [5, 5.41) is 3.12. The van der Waals surface area contributed by atoms with Gasteiger partial charge in [-0.05, 0) is 61.6 Å². The van der Waals surface area contributed by atoms with E-state index in [-0.39, 0.29) is 54.3 Å². The van der Waals surface area contributed by atoms with Crippen molar-refractivity contribution in [3.63, 3.8) is 0 Å². The number of morpholine rings is 1. The molecule has 1 aromatic heterocycles. The molecule has 2 heterocycles. The number of ether oxygens (including phenoxy) is 1. The van der Waals surface area contributed by atoms with Crippen molar-refractivity contribution in [2.24, 2.45) is 5.73 Å². The van der Waals surface area contributed by atoms with Crippen molar-refractivity contribution in [2.45, 2.75) is 38.3 Å². The van der Waals surface area contributed by atoms with Crippen LogP contribution >= 0.6 is 0 Å². The monoisotopic (exact) mass is 526 g/mol. The molecule has 4 rings (SSSR count). The number of Topliss-reactive ketones (excluding diaryl/α,β-unsaturated/α-hetero) is 1. The van der Waals surface area contributed by atoms with Gasteiger partial charge in [-0.1, -0.05) is 18.2 Å². The molecular weight excluding hydrogens is 497 g/mol. The Morgan fingerprint density at radius 1 is 1.08 bits per heavy atom. The Balaban J connectivity index is 1.67. The van der Waals surface area contributed by atoms with Gasteiger partial charge in [0.05, 0.1) is 49.1 Å². The van der Waals surface area contributed by atoms with Crippen LogP contribution in [0.5, 0.6) is 0 Å². The highest BCUT2D eigenvalue weighted by atomic mass is 19.1. The van der Waals surface area contributed by atoms with E-state index in [9.17, 15) is 18.4 Å². The second-order valence-electron chi connectivity index (χ2n) is 9.19. The molecule has 2 atom stereocenters. The lowest BCUT2D eigenvalue weighted by atomic mass is 10.00. The van der Waals surface area contributed by atoms with Gasteiger partial charge in [0, 0.05) is 12.1 Å². The molecule has 2 aromatic carbocycles. The number of hydrogen-bond donors (Lipinski definition) is 2.